The van der Waals surface area contributed by atoms with Gasteiger partial charge in [0.1, 0.15) is 17.6 Å². The van der Waals surface area contributed by atoms with Gasteiger partial charge in [-0.15, -0.1) is 13.2 Å². The number of pyridine rings is 1. The molecule has 0 saturated heterocycles. The number of nitrogens with two attached hydrogens (primary N) is 1. The fourth-order valence-electron chi connectivity index (χ4n) is 2.96. The molecule has 0 aliphatic rings. The Labute approximate surface area is 178 Å². The van der Waals surface area contributed by atoms with E-state index in [2.05, 4.69) is 30.0 Å². The van der Waals surface area contributed by atoms with Crippen LogP contribution in [0, 0.1) is 6.92 Å². The molecule has 0 fully saturated rings. The summed E-state index contributed by atoms with van der Waals surface area (Å²) in [5, 5.41) is 2.28. The Bertz CT molecular complexity index is 1270. The van der Waals surface area contributed by atoms with Crippen LogP contribution in [0.1, 0.15) is 16.2 Å². The molecule has 0 radical (unpaired) electrons. The lowest BCUT2D eigenvalue weighted by Gasteiger charge is -2.12. The zero-order valence-corrected chi connectivity index (χ0v) is 16.6. The molecule has 0 saturated carbocycles. The summed E-state index contributed by atoms with van der Waals surface area (Å²) in [6.07, 6.45) is 1.43. The van der Waals surface area contributed by atoms with Gasteiger partial charge in [-0.2, -0.15) is 0 Å². The van der Waals surface area contributed by atoms with E-state index in [4.69, 9.17) is 10.2 Å². The number of alkyl halides is 3. The normalized spacial score (nSPS) is 11.8. The van der Waals surface area contributed by atoms with E-state index in [1.807, 2.05) is 11.3 Å². The Balaban J connectivity index is 1.71. The highest BCUT2D eigenvalue weighted by atomic mass is 19.4. The number of nitrogens with one attached hydrogen (secondary N) is 1. The molecule has 0 spiro atoms. The summed E-state index contributed by atoms with van der Waals surface area (Å²) in [7, 11) is 0. The van der Waals surface area contributed by atoms with Gasteiger partial charge in [0.15, 0.2) is 17.2 Å². The van der Waals surface area contributed by atoms with E-state index in [1.54, 1.807) is 24.5 Å². The van der Waals surface area contributed by atoms with Crippen LogP contribution < -0.4 is 11.1 Å². The Hall–Kier alpha value is -4.00. The molecule has 4 aromatic heterocycles. The van der Waals surface area contributed by atoms with Crippen molar-refractivity contribution in [2.24, 2.45) is 0 Å². The van der Waals surface area contributed by atoms with Crippen molar-refractivity contribution in [1.82, 2.24) is 29.7 Å². The number of hydrogen-bond acceptors (Lipinski definition) is 8. The lowest BCUT2D eigenvalue weighted by Crippen LogP contribution is -2.31. The number of aryl methyl sites for hydroxylation is 1. The summed E-state index contributed by atoms with van der Waals surface area (Å²) in [4.78, 5) is 29.4. The predicted octanol–water partition coefficient (Wildman–Crippen LogP) is 2.60. The van der Waals surface area contributed by atoms with Crippen LogP contribution in [0.2, 0.25) is 0 Å². The number of amides is 1. The van der Waals surface area contributed by atoms with Crippen molar-refractivity contribution >= 4 is 17.4 Å². The van der Waals surface area contributed by atoms with E-state index in [-0.39, 0.29) is 28.8 Å². The van der Waals surface area contributed by atoms with Crippen LogP contribution in [-0.2, 0) is 4.74 Å². The minimum Gasteiger partial charge on any atom is -0.443 e. The topological polar surface area (TPSA) is 133 Å². The number of anilines is 1. The summed E-state index contributed by atoms with van der Waals surface area (Å²) in [5.74, 6) is -0.913. The summed E-state index contributed by atoms with van der Waals surface area (Å²) >= 11 is 0. The van der Waals surface area contributed by atoms with Crippen LogP contribution in [0.4, 0.5) is 19.0 Å². The van der Waals surface area contributed by atoms with Gasteiger partial charge in [-0.25, -0.2) is 19.9 Å². The minimum absolute atomic E-state index is 0.132. The number of oxazole rings is 1. The molecule has 166 valence electrons. The number of hydrogen-bond donors (Lipinski definition) is 2. The molecule has 0 bridgehead atoms. The van der Waals surface area contributed by atoms with Gasteiger partial charge in [-0.3, -0.25) is 9.53 Å². The lowest BCUT2D eigenvalue weighted by atomic mass is 10.1. The molecule has 0 aliphatic carbocycles. The fourth-order valence-corrected chi connectivity index (χ4v) is 2.96. The zero-order chi connectivity index (χ0) is 22.9. The lowest BCUT2D eigenvalue weighted by molar-refractivity contribution is -0.323. The quantitative estimate of drug-likeness (QED) is 0.431. The summed E-state index contributed by atoms with van der Waals surface area (Å²) < 4.78 is 47.1. The van der Waals surface area contributed by atoms with Gasteiger partial charge < -0.3 is 19.9 Å². The van der Waals surface area contributed by atoms with E-state index in [0.717, 1.165) is 5.69 Å². The number of rotatable bonds is 6. The van der Waals surface area contributed by atoms with Gasteiger partial charge >= 0.3 is 6.36 Å². The highest BCUT2D eigenvalue weighted by molar-refractivity contribution is 5.97. The second-order valence-corrected chi connectivity index (χ2v) is 6.59. The van der Waals surface area contributed by atoms with Crippen molar-refractivity contribution < 1.29 is 27.1 Å². The number of ether oxygens (including phenoxy) is 1. The standard InChI is InChI=1S/C19H16F3N7O3/c1-10-8-26-12-3-2-11(9-29(10)12)13-14(18-25-4-6-31-18)28-16(23)15(27-13)17(30)24-5-7-32-19(20,21)22/h2-4,6,8-9H,5,7H2,1H3,(H2,23,28)(H,24,30). The van der Waals surface area contributed by atoms with E-state index in [9.17, 15) is 18.0 Å². The maximum absolute atomic E-state index is 12.5. The van der Waals surface area contributed by atoms with Crippen molar-refractivity contribution in [2.75, 3.05) is 18.9 Å². The number of aromatic nitrogens is 5. The van der Waals surface area contributed by atoms with Gasteiger partial charge in [0.2, 0.25) is 5.89 Å². The number of imidazole rings is 1. The summed E-state index contributed by atoms with van der Waals surface area (Å²) in [6, 6.07) is 3.49. The van der Waals surface area contributed by atoms with E-state index >= 15 is 0 Å². The minimum atomic E-state index is -4.79. The first-order valence-electron chi connectivity index (χ1n) is 9.23. The Morgan fingerprint density at radius 3 is 2.78 bits per heavy atom. The van der Waals surface area contributed by atoms with Gasteiger partial charge in [0.25, 0.3) is 5.91 Å². The molecule has 4 aromatic rings. The first kappa shape index (κ1) is 21.2. The monoisotopic (exact) mass is 447 g/mol. The second-order valence-electron chi connectivity index (χ2n) is 6.59. The summed E-state index contributed by atoms with van der Waals surface area (Å²) in [6.45, 7) is 0.701. The third-order valence-electron chi connectivity index (χ3n) is 4.39. The van der Waals surface area contributed by atoms with E-state index in [1.165, 1.54) is 12.5 Å². The predicted molar refractivity (Wildman–Crippen MR) is 105 cm³/mol. The average Bonchev–Trinajstić information content (AvgIpc) is 3.40. The summed E-state index contributed by atoms with van der Waals surface area (Å²) in [5.41, 5.74) is 8.23. The van der Waals surface area contributed by atoms with E-state index < -0.39 is 25.4 Å². The van der Waals surface area contributed by atoms with Crippen LogP contribution in [0.3, 0.4) is 0 Å². The van der Waals surface area contributed by atoms with Crippen molar-refractivity contribution in [3.05, 3.63) is 48.4 Å². The molecule has 1 amide bonds. The van der Waals surface area contributed by atoms with Gasteiger partial charge in [0, 0.05) is 30.2 Å². The molecule has 0 unspecified atom stereocenters. The molecule has 4 rings (SSSR count). The molecule has 32 heavy (non-hydrogen) atoms. The number of nitrogen functional groups attached to an aromatic ring is 1. The molecular weight excluding hydrogens is 431 g/mol. The SMILES string of the molecule is Cc1cnc2ccc(-c3nc(C(=O)NCCOC(F)(F)F)c(N)nc3-c3ncco3)cn12. The Kier molecular flexibility index (Phi) is 5.48. The molecule has 4 heterocycles. The highest BCUT2D eigenvalue weighted by Gasteiger charge is 2.29. The van der Waals surface area contributed by atoms with Crippen LogP contribution in [-0.4, -0.2) is 49.8 Å². The smallest absolute Gasteiger partial charge is 0.443 e. The number of nitrogens with zero attached hydrogens (tertiary/aromatic N) is 5. The highest BCUT2D eigenvalue weighted by Crippen LogP contribution is 2.30. The van der Waals surface area contributed by atoms with Crippen LogP contribution in [0.25, 0.3) is 28.5 Å². The van der Waals surface area contributed by atoms with Gasteiger partial charge in [-0.1, -0.05) is 0 Å². The Morgan fingerprint density at radius 2 is 2.06 bits per heavy atom. The third-order valence-corrected chi connectivity index (χ3v) is 4.39. The van der Waals surface area contributed by atoms with Crippen molar-refractivity contribution in [3.8, 4) is 22.8 Å². The van der Waals surface area contributed by atoms with Crippen molar-refractivity contribution in [1.29, 1.82) is 0 Å². The number of halogens is 3. The van der Waals surface area contributed by atoms with E-state index in [0.29, 0.717) is 11.2 Å². The molecule has 13 heteroatoms. The maximum Gasteiger partial charge on any atom is 0.522 e. The third kappa shape index (κ3) is 4.37. The number of carbonyl (C=O) groups is 1. The zero-order valence-electron chi connectivity index (χ0n) is 16.6. The molecule has 3 N–H and O–H groups in total. The molecular formula is C19H16F3N7O3. The van der Waals surface area contributed by atoms with Crippen LogP contribution in [0.5, 0.6) is 0 Å². The second kappa shape index (κ2) is 8.26. The largest absolute Gasteiger partial charge is 0.522 e. The van der Waals surface area contributed by atoms with Crippen LogP contribution in [0.15, 0.2) is 41.4 Å². The van der Waals surface area contributed by atoms with Gasteiger partial charge in [0.05, 0.1) is 12.8 Å². The van der Waals surface area contributed by atoms with Crippen LogP contribution >= 0.6 is 0 Å². The van der Waals surface area contributed by atoms with Crippen molar-refractivity contribution in [3.63, 3.8) is 0 Å². The molecule has 0 aromatic carbocycles. The Morgan fingerprint density at radius 1 is 1.25 bits per heavy atom. The fraction of sp³-hybridized carbons (Fsp3) is 0.211. The molecule has 0 atom stereocenters. The average molecular weight is 447 g/mol. The van der Waals surface area contributed by atoms with Gasteiger partial charge in [-0.05, 0) is 19.1 Å². The molecule has 10 nitrogen and oxygen atoms in total. The molecule has 0 aliphatic heterocycles. The first-order valence-corrected chi connectivity index (χ1v) is 9.23. The number of carbonyl (C=O) groups excluding carboxylic acids is 1. The van der Waals surface area contributed by atoms with Crippen molar-refractivity contribution in [2.45, 2.75) is 13.3 Å². The maximum atomic E-state index is 12.5. The first-order chi connectivity index (χ1) is 15.2. The number of fused-ring (bicyclic) bond motifs is 1.